The fraction of sp³-hybridized carbons (Fsp3) is 0.0556. The summed E-state index contributed by atoms with van der Waals surface area (Å²) in [4.78, 5) is 7.89. The second kappa shape index (κ2) is 5.58. The Hall–Kier alpha value is -2.43. The molecule has 2 aromatic heterocycles. The average molecular weight is 357 g/mol. The van der Waals surface area contributed by atoms with Crippen LogP contribution in [-0.4, -0.2) is 14.5 Å². The highest BCUT2D eigenvalue weighted by Gasteiger charge is 2.12. The van der Waals surface area contributed by atoms with Crippen molar-refractivity contribution in [3.8, 4) is 22.5 Å². The first-order valence-corrected chi connectivity index (χ1v) is 8.13. The van der Waals surface area contributed by atoms with Crippen LogP contribution in [0.5, 0.6) is 0 Å². The van der Waals surface area contributed by atoms with E-state index in [2.05, 4.69) is 16.0 Å². The predicted octanol–water partition coefficient (Wildman–Crippen LogP) is 5.12. The molecule has 0 saturated heterocycles. The molecule has 0 unspecified atom stereocenters. The van der Waals surface area contributed by atoms with Gasteiger partial charge in [0.05, 0.1) is 27.6 Å². The number of halogens is 2. The number of fused-ring (bicyclic) bond motifs is 1. The third-order valence-electron chi connectivity index (χ3n) is 3.96. The van der Waals surface area contributed by atoms with Gasteiger partial charge in [-0.25, -0.2) is 4.98 Å². The van der Waals surface area contributed by atoms with Crippen molar-refractivity contribution in [2.45, 2.75) is 0 Å². The van der Waals surface area contributed by atoms with E-state index in [4.69, 9.17) is 28.9 Å². The minimum absolute atomic E-state index is 0.525. The van der Waals surface area contributed by atoms with Crippen LogP contribution in [-0.2, 0) is 7.05 Å². The molecule has 3 N–H and O–H groups in total. The van der Waals surface area contributed by atoms with Crippen LogP contribution in [0.4, 0.5) is 5.69 Å². The van der Waals surface area contributed by atoms with E-state index in [0.717, 1.165) is 33.4 Å². The number of rotatable bonds is 2. The second-order valence-corrected chi connectivity index (χ2v) is 6.58. The molecule has 4 aromatic rings. The van der Waals surface area contributed by atoms with Crippen molar-refractivity contribution >= 4 is 39.8 Å². The summed E-state index contributed by atoms with van der Waals surface area (Å²) in [7, 11) is 1.94. The summed E-state index contributed by atoms with van der Waals surface area (Å²) in [6.07, 6.45) is 3.74. The SMILES string of the molecule is Cn1cnc(-c2cc(N)cc3cc(-c4ccc(Cl)c(Cl)c4)[nH]c23)c1. The van der Waals surface area contributed by atoms with Crippen molar-refractivity contribution in [1.29, 1.82) is 0 Å². The Balaban J connectivity index is 1.93. The van der Waals surface area contributed by atoms with Gasteiger partial charge in [-0.3, -0.25) is 0 Å². The lowest BCUT2D eigenvalue weighted by Gasteiger charge is -2.03. The van der Waals surface area contributed by atoms with Gasteiger partial charge in [-0.2, -0.15) is 0 Å². The van der Waals surface area contributed by atoms with Crippen LogP contribution in [0.25, 0.3) is 33.4 Å². The molecule has 0 fully saturated rings. The molecule has 2 aromatic carbocycles. The molecule has 0 amide bonds. The van der Waals surface area contributed by atoms with Crippen molar-refractivity contribution in [3.63, 3.8) is 0 Å². The molecule has 120 valence electrons. The normalized spacial score (nSPS) is 11.3. The van der Waals surface area contributed by atoms with Crippen LogP contribution in [0.3, 0.4) is 0 Å². The van der Waals surface area contributed by atoms with Gasteiger partial charge in [0.15, 0.2) is 0 Å². The van der Waals surface area contributed by atoms with Crippen LogP contribution in [0.1, 0.15) is 0 Å². The zero-order valence-corrected chi connectivity index (χ0v) is 14.4. The van der Waals surface area contributed by atoms with Gasteiger partial charge >= 0.3 is 0 Å². The van der Waals surface area contributed by atoms with Crippen LogP contribution in [0, 0.1) is 0 Å². The Morgan fingerprint density at radius 2 is 1.92 bits per heavy atom. The molecular formula is C18H14Cl2N4. The summed E-state index contributed by atoms with van der Waals surface area (Å²) >= 11 is 12.1. The van der Waals surface area contributed by atoms with E-state index in [1.165, 1.54) is 0 Å². The molecular weight excluding hydrogens is 343 g/mol. The van der Waals surface area contributed by atoms with Gasteiger partial charge in [-0.15, -0.1) is 0 Å². The van der Waals surface area contributed by atoms with E-state index in [9.17, 15) is 0 Å². The summed E-state index contributed by atoms with van der Waals surface area (Å²) in [6, 6.07) is 11.5. The molecule has 4 nitrogen and oxygen atoms in total. The van der Waals surface area contributed by atoms with Gasteiger partial charge in [0.25, 0.3) is 0 Å². The first-order valence-electron chi connectivity index (χ1n) is 7.37. The number of nitrogens with one attached hydrogen (secondary N) is 1. The third kappa shape index (κ3) is 2.54. The number of aryl methyl sites for hydroxylation is 1. The van der Waals surface area contributed by atoms with Gasteiger partial charge in [0.1, 0.15) is 0 Å². The largest absolute Gasteiger partial charge is 0.399 e. The number of hydrogen-bond donors (Lipinski definition) is 2. The highest BCUT2D eigenvalue weighted by Crippen LogP contribution is 2.34. The van der Waals surface area contributed by atoms with E-state index in [-0.39, 0.29) is 0 Å². The van der Waals surface area contributed by atoms with Gasteiger partial charge in [0.2, 0.25) is 0 Å². The number of nitrogen functional groups attached to an aromatic ring is 1. The Kier molecular flexibility index (Phi) is 3.52. The van der Waals surface area contributed by atoms with Gasteiger partial charge in [-0.1, -0.05) is 29.3 Å². The molecule has 0 spiro atoms. The number of nitrogens with zero attached hydrogens (tertiary/aromatic N) is 2. The molecule has 2 heterocycles. The van der Waals surface area contributed by atoms with Gasteiger partial charge < -0.3 is 15.3 Å². The van der Waals surface area contributed by atoms with Crippen molar-refractivity contribution in [2.75, 3.05) is 5.73 Å². The van der Waals surface area contributed by atoms with Crippen molar-refractivity contribution < 1.29 is 0 Å². The Bertz CT molecular complexity index is 1060. The van der Waals surface area contributed by atoms with Crippen molar-refractivity contribution in [3.05, 3.63) is 59.0 Å². The highest BCUT2D eigenvalue weighted by molar-refractivity contribution is 6.42. The summed E-state index contributed by atoms with van der Waals surface area (Å²) in [5.74, 6) is 0. The first kappa shape index (κ1) is 15.1. The minimum atomic E-state index is 0.525. The minimum Gasteiger partial charge on any atom is -0.399 e. The molecule has 24 heavy (non-hydrogen) atoms. The summed E-state index contributed by atoms with van der Waals surface area (Å²) < 4.78 is 1.91. The van der Waals surface area contributed by atoms with E-state index in [1.807, 2.05) is 42.1 Å². The Labute approximate surface area is 148 Å². The number of H-pyrrole nitrogens is 1. The quantitative estimate of drug-likeness (QED) is 0.489. The lowest BCUT2D eigenvalue weighted by Crippen LogP contribution is -1.88. The molecule has 6 heteroatoms. The predicted molar refractivity (Wildman–Crippen MR) is 100 cm³/mol. The maximum atomic E-state index is 6.14. The second-order valence-electron chi connectivity index (χ2n) is 5.77. The fourth-order valence-corrected chi connectivity index (χ4v) is 3.14. The average Bonchev–Trinajstić information content (AvgIpc) is 3.15. The number of hydrogen-bond acceptors (Lipinski definition) is 2. The number of aromatic nitrogens is 3. The fourth-order valence-electron chi connectivity index (χ4n) is 2.84. The van der Waals surface area contributed by atoms with Crippen LogP contribution < -0.4 is 5.73 Å². The zero-order chi connectivity index (χ0) is 16.8. The number of imidazole rings is 1. The highest BCUT2D eigenvalue weighted by atomic mass is 35.5. The van der Waals surface area contributed by atoms with Gasteiger partial charge in [-0.05, 0) is 35.9 Å². The lowest BCUT2D eigenvalue weighted by atomic mass is 10.1. The molecule has 0 aliphatic rings. The lowest BCUT2D eigenvalue weighted by molar-refractivity contribution is 0.913. The molecule has 0 aliphatic heterocycles. The number of anilines is 1. The maximum Gasteiger partial charge on any atom is 0.0951 e. The smallest absolute Gasteiger partial charge is 0.0951 e. The molecule has 0 radical (unpaired) electrons. The monoisotopic (exact) mass is 356 g/mol. The maximum absolute atomic E-state index is 6.14. The van der Waals surface area contributed by atoms with E-state index < -0.39 is 0 Å². The zero-order valence-electron chi connectivity index (χ0n) is 12.8. The Morgan fingerprint density at radius 1 is 1.08 bits per heavy atom. The molecule has 0 atom stereocenters. The topological polar surface area (TPSA) is 59.6 Å². The summed E-state index contributed by atoms with van der Waals surface area (Å²) in [6.45, 7) is 0. The van der Waals surface area contributed by atoms with E-state index >= 15 is 0 Å². The Morgan fingerprint density at radius 3 is 2.62 bits per heavy atom. The third-order valence-corrected chi connectivity index (χ3v) is 4.70. The molecule has 0 saturated carbocycles. The van der Waals surface area contributed by atoms with E-state index in [0.29, 0.717) is 15.7 Å². The van der Waals surface area contributed by atoms with Crippen LogP contribution in [0.2, 0.25) is 10.0 Å². The number of benzene rings is 2. The molecule has 0 bridgehead atoms. The standard InChI is InChI=1S/C18H14Cl2N4/c1-24-8-17(22-9-24)13-7-12(21)4-11-6-16(23-18(11)13)10-2-3-14(19)15(20)5-10/h2-9,23H,21H2,1H3. The van der Waals surface area contributed by atoms with E-state index in [1.54, 1.807) is 12.4 Å². The summed E-state index contributed by atoms with van der Waals surface area (Å²) in [5, 5.41) is 2.09. The van der Waals surface area contributed by atoms with Crippen molar-refractivity contribution in [1.82, 2.24) is 14.5 Å². The van der Waals surface area contributed by atoms with Crippen molar-refractivity contribution in [2.24, 2.45) is 7.05 Å². The number of aromatic amines is 1. The van der Waals surface area contributed by atoms with Crippen LogP contribution >= 0.6 is 23.2 Å². The van der Waals surface area contributed by atoms with Gasteiger partial charge in [0, 0.05) is 35.6 Å². The summed E-state index contributed by atoms with van der Waals surface area (Å²) in [5.41, 5.74) is 11.5. The first-order chi connectivity index (χ1) is 11.5. The van der Waals surface area contributed by atoms with Crippen LogP contribution in [0.15, 0.2) is 48.9 Å². The molecule has 0 aliphatic carbocycles. The number of nitrogens with two attached hydrogens (primary N) is 1. The molecule has 4 rings (SSSR count).